The van der Waals surface area contributed by atoms with E-state index < -0.39 is 35.4 Å². The number of halogens is 3. The van der Waals surface area contributed by atoms with Crippen molar-refractivity contribution in [2.24, 2.45) is 0 Å². The predicted octanol–water partition coefficient (Wildman–Crippen LogP) is 4.49. The minimum atomic E-state index is -4.64. The Balaban J connectivity index is 2.01. The summed E-state index contributed by atoms with van der Waals surface area (Å²) in [6.07, 6.45) is -1.97. The molecule has 0 saturated carbocycles. The average molecular weight is 396 g/mol. The first-order valence-corrected chi connectivity index (χ1v) is 9.09. The van der Waals surface area contributed by atoms with E-state index in [1.54, 1.807) is 45.9 Å². The number of nitrogens with zero attached hydrogens (tertiary/aromatic N) is 2. The molecule has 0 N–H and O–H groups in total. The zero-order valence-corrected chi connectivity index (χ0v) is 16.3. The van der Waals surface area contributed by atoms with Gasteiger partial charge in [0, 0.05) is 19.6 Å². The molecule has 0 aliphatic carbocycles. The fraction of sp³-hybridized carbons (Fsp3) is 0.500. The van der Waals surface area contributed by atoms with Crippen LogP contribution in [0.4, 0.5) is 18.0 Å². The first kappa shape index (κ1) is 20.2. The van der Waals surface area contributed by atoms with Gasteiger partial charge in [0.15, 0.2) is 0 Å². The molecular formula is C20H23F3N2O3. The van der Waals surface area contributed by atoms with Crippen molar-refractivity contribution in [3.05, 3.63) is 40.5 Å². The molecule has 2 amide bonds. The predicted molar refractivity (Wildman–Crippen MR) is 97.7 cm³/mol. The molecule has 2 aliphatic heterocycles. The average Bonchev–Trinajstić information content (AvgIpc) is 2.84. The van der Waals surface area contributed by atoms with Gasteiger partial charge < -0.3 is 14.5 Å². The molecule has 2 aliphatic rings. The Morgan fingerprint density at radius 1 is 1.21 bits per heavy atom. The second-order valence-electron chi connectivity index (χ2n) is 7.97. The number of hydrogen-bond donors (Lipinski definition) is 0. The number of ether oxygens (including phenoxy) is 1. The van der Waals surface area contributed by atoms with Crippen molar-refractivity contribution in [1.29, 1.82) is 0 Å². The van der Waals surface area contributed by atoms with Gasteiger partial charge in [-0.15, -0.1) is 0 Å². The molecule has 0 unspecified atom stereocenters. The maximum Gasteiger partial charge on any atom is 0.417 e. The summed E-state index contributed by atoms with van der Waals surface area (Å²) < 4.78 is 46.3. The molecule has 152 valence electrons. The number of fused-ring (bicyclic) bond motifs is 3. The van der Waals surface area contributed by atoms with Crippen molar-refractivity contribution < 1.29 is 27.5 Å². The number of rotatable bonds is 1. The summed E-state index contributed by atoms with van der Waals surface area (Å²) >= 11 is 0. The smallest absolute Gasteiger partial charge is 0.417 e. The lowest BCUT2D eigenvalue weighted by Crippen LogP contribution is -2.50. The van der Waals surface area contributed by atoms with Gasteiger partial charge in [0.2, 0.25) is 0 Å². The third-order valence-corrected chi connectivity index (χ3v) is 4.72. The number of piperazine rings is 1. The number of carbonyl (C=O) groups excluding carboxylic acids is 2. The fourth-order valence-electron chi connectivity index (χ4n) is 3.63. The SMILES string of the molecule is C/C=C\c1cc2c(c(C(F)(F)F)c1)C(=O)N1CCN(C(=O)OC(C)(C)C)C[C@@H]21. The lowest BCUT2D eigenvalue weighted by atomic mass is 9.95. The summed E-state index contributed by atoms with van der Waals surface area (Å²) in [7, 11) is 0. The maximum absolute atomic E-state index is 13.6. The van der Waals surface area contributed by atoms with Crippen molar-refractivity contribution in [3.8, 4) is 0 Å². The molecule has 28 heavy (non-hydrogen) atoms. The van der Waals surface area contributed by atoms with Gasteiger partial charge in [0.05, 0.1) is 17.2 Å². The van der Waals surface area contributed by atoms with Crippen LogP contribution in [0, 0.1) is 0 Å². The van der Waals surface area contributed by atoms with E-state index in [1.165, 1.54) is 9.80 Å². The number of hydrogen-bond acceptors (Lipinski definition) is 3. The number of benzene rings is 1. The molecule has 0 aromatic heterocycles. The normalized spacial score (nSPS) is 19.8. The highest BCUT2D eigenvalue weighted by Crippen LogP contribution is 2.44. The molecule has 1 fully saturated rings. The molecule has 2 heterocycles. The Kier molecular flexibility index (Phi) is 4.93. The Labute approximate surface area is 161 Å². The van der Waals surface area contributed by atoms with Crippen molar-refractivity contribution in [2.45, 2.75) is 45.5 Å². The minimum Gasteiger partial charge on any atom is -0.444 e. The van der Waals surface area contributed by atoms with Gasteiger partial charge in [-0.05, 0) is 51.0 Å². The van der Waals surface area contributed by atoms with Gasteiger partial charge in [0.25, 0.3) is 5.91 Å². The standard InChI is InChI=1S/C20H23F3N2O3/c1-5-6-12-9-13-15-11-24(18(27)28-19(2,3)4)7-8-25(15)17(26)16(13)14(10-12)20(21,22)23/h5-6,9-10,15H,7-8,11H2,1-4H3/b6-5-/t15-/m0/s1. The molecule has 8 heteroatoms. The zero-order chi connectivity index (χ0) is 20.9. The van der Waals surface area contributed by atoms with E-state index in [-0.39, 0.29) is 25.2 Å². The van der Waals surface area contributed by atoms with Crippen LogP contribution in [0.5, 0.6) is 0 Å². The molecule has 1 aromatic rings. The molecule has 5 nitrogen and oxygen atoms in total. The summed E-state index contributed by atoms with van der Waals surface area (Å²) in [5.74, 6) is -0.636. The van der Waals surface area contributed by atoms with Crippen LogP contribution in [-0.2, 0) is 10.9 Å². The molecule has 3 rings (SSSR count). The summed E-state index contributed by atoms with van der Waals surface area (Å²) in [5.41, 5.74) is -1.24. The first-order chi connectivity index (χ1) is 12.9. The molecule has 0 bridgehead atoms. The van der Waals surface area contributed by atoms with Gasteiger partial charge in [-0.2, -0.15) is 13.2 Å². The Hall–Kier alpha value is -2.51. The van der Waals surface area contributed by atoms with E-state index in [0.717, 1.165) is 6.07 Å². The van der Waals surface area contributed by atoms with Gasteiger partial charge >= 0.3 is 12.3 Å². The van der Waals surface area contributed by atoms with Crippen molar-refractivity contribution in [3.63, 3.8) is 0 Å². The van der Waals surface area contributed by atoms with Crippen LogP contribution >= 0.6 is 0 Å². The molecule has 1 saturated heterocycles. The molecule has 1 atom stereocenters. The first-order valence-electron chi connectivity index (χ1n) is 9.09. The summed E-state index contributed by atoms with van der Waals surface area (Å²) in [6.45, 7) is 7.42. The highest BCUT2D eigenvalue weighted by atomic mass is 19.4. The van der Waals surface area contributed by atoms with E-state index >= 15 is 0 Å². The summed E-state index contributed by atoms with van der Waals surface area (Å²) in [5, 5.41) is 0. The lowest BCUT2D eigenvalue weighted by molar-refractivity contribution is -0.138. The van der Waals surface area contributed by atoms with Crippen LogP contribution in [0.1, 0.15) is 60.8 Å². The van der Waals surface area contributed by atoms with E-state index in [4.69, 9.17) is 4.74 Å². The molecule has 0 spiro atoms. The van der Waals surface area contributed by atoms with Crippen LogP contribution in [0.15, 0.2) is 18.2 Å². The van der Waals surface area contributed by atoms with Crippen molar-refractivity contribution in [1.82, 2.24) is 9.80 Å². The van der Waals surface area contributed by atoms with E-state index in [0.29, 0.717) is 11.1 Å². The quantitative estimate of drug-likeness (QED) is 0.703. The molecular weight excluding hydrogens is 373 g/mol. The monoisotopic (exact) mass is 396 g/mol. The van der Waals surface area contributed by atoms with E-state index in [1.807, 2.05) is 0 Å². The molecule has 1 aromatic carbocycles. The third-order valence-electron chi connectivity index (χ3n) is 4.72. The van der Waals surface area contributed by atoms with Crippen LogP contribution in [0.2, 0.25) is 0 Å². The second kappa shape index (κ2) is 6.83. The third kappa shape index (κ3) is 3.72. The van der Waals surface area contributed by atoms with Crippen LogP contribution in [0.25, 0.3) is 6.08 Å². The maximum atomic E-state index is 13.6. The topological polar surface area (TPSA) is 49.9 Å². The molecule has 0 radical (unpaired) electrons. The van der Waals surface area contributed by atoms with Gasteiger partial charge in [-0.3, -0.25) is 4.79 Å². The van der Waals surface area contributed by atoms with Crippen molar-refractivity contribution >= 4 is 18.1 Å². The van der Waals surface area contributed by atoms with Gasteiger partial charge in [-0.1, -0.05) is 12.2 Å². The van der Waals surface area contributed by atoms with Crippen LogP contribution in [0.3, 0.4) is 0 Å². The van der Waals surface area contributed by atoms with Gasteiger partial charge in [0.1, 0.15) is 5.60 Å². The highest BCUT2D eigenvalue weighted by Gasteiger charge is 2.47. The van der Waals surface area contributed by atoms with Crippen molar-refractivity contribution in [2.75, 3.05) is 19.6 Å². The Morgan fingerprint density at radius 3 is 2.46 bits per heavy atom. The van der Waals surface area contributed by atoms with Gasteiger partial charge in [-0.25, -0.2) is 4.79 Å². The second-order valence-corrected chi connectivity index (χ2v) is 7.97. The fourth-order valence-corrected chi connectivity index (χ4v) is 3.63. The minimum absolute atomic E-state index is 0.101. The Morgan fingerprint density at radius 2 is 1.89 bits per heavy atom. The largest absolute Gasteiger partial charge is 0.444 e. The number of allylic oxidation sites excluding steroid dienone is 1. The Bertz CT molecular complexity index is 840. The number of carbonyl (C=O) groups is 2. The highest BCUT2D eigenvalue weighted by molar-refractivity contribution is 6.01. The zero-order valence-electron chi connectivity index (χ0n) is 16.3. The summed E-state index contributed by atoms with van der Waals surface area (Å²) in [4.78, 5) is 28.0. The number of alkyl halides is 3. The van der Waals surface area contributed by atoms with Crippen LogP contribution < -0.4 is 0 Å². The van der Waals surface area contributed by atoms with E-state index in [2.05, 4.69) is 0 Å². The van der Waals surface area contributed by atoms with E-state index in [9.17, 15) is 22.8 Å². The van der Waals surface area contributed by atoms with Crippen LogP contribution in [-0.4, -0.2) is 47.0 Å². The number of amides is 2. The summed E-state index contributed by atoms with van der Waals surface area (Å²) in [6, 6.07) is 1.99. The lowest BCUT2D eigenvalue weighted by Gasteiger charge is -2.38.